The van der Waals surface area contributed by atoms with Crippen LogP contribution in [0.15, 0.2) is 18.2 Å². The number of esters is 1. The van der Waals surface area contributed by atoms with Gasteiger partial charge < -0.3 is 10.1 Å². The number of hydrogen-bond acceptors (Lipinski definition) is 4. The van der Waals surface area contributed by atoms with Crippen molar-refractivity contribution in [3.05, 3.63) is 34.6 Å². The number of rotatable bonds is 4. The van der Waals surface area contributed by atoms with Gasteiger partial charge in [0, 0.05) is 6.04 Å². The summed E-state index contributed by atoms with van der Waals surface area (Å²) >= 11 is 5.74. The lowest BCUT2D eigenvalue weighted by Gasteiger charge is -2.29. The van der Waals surface area contributed by atoms with E-state index in [1.807, 2.05) is 6.92 Å². The van der Waals surface area contributed by atoms with Crippen LogP contribution < -0.4 is 10.6 Å². The topological polar surface area (TPSA) is 84.5 Å². The summed E-state index contributed by atoms with van der Waals surface area (Å²) in [5.41, 5.74) is -0.447. The lowest BCUT2D eigenvalue weighted by molar-refractivity contribution is -0.123. The van der Waals surface area contributed by atoms with Crippen molar-refractivity contribution in [3.8, 4) is 0 Å². The summed E-state index contributed by atoms with van der Waals surface area (Å²) in [4.78, 5) is 35.3. The molecular weight excluding hydrogens is 351 g/mol. The van der Waals surface area contributed by atoms with Crippen LogP contribution >= 0.6 is 11.6 Å². The van der Waals surface area contributed by atoms with E-state index in [9.17, 15) is 18.8 Å². The number of ether oxygens (including phenoxy) is 1. The zero-order valence-electron chi connectivity index (χ0n) is 13.8. The molecule has 8 heteroatoms. The molecule has 2 N–H and O–H groups in total. The molecule has 0 aromatic heterocycles. The van der Waals surface area contributed by atoms with E-state index in [2.05, 4.69) is 10.6 Å². The fourth-order valence-corrected chi connectivity index (χ4v) is 3.03. The largest absolute Gasteiger partial charge is 0.452 e. The van der Waals surface area contributed by atoms with E-state index >= 15 is 0 Å². The molecule has 1 aliphatic carbocycles. The second-order valence-electron chi connectivity index (χ2n) is 6.06. The van der Waals surface area contributed by atoms with Crippen LogP contribution in [0.1, 0.15) is 43.0 Å². The molecule has 1 aliphatic rings. The van der Waals surface area contributed by atoms with Crippen molar-refractivity contribution < 1.29 is 23.5 Å². The highest BCUT2D eigenvalue weighted by atomic mass is 35.5. The third-order valence-electron chi connectivity index (χ3n) is 4.18. The van der Waals surface area contributed by atoms with Gasteiger partial charge in [-0.05, 0) is 30.9 Å². The van der Waals surface area contributed by atoms with E-state index in [-0.39, 0.29) is 11.1 Å². The number of amides is 3. The highest BCUT2D eigenvalue weighted by Gasteiger charge is 2.24. The Kier molecular flexibility index (Phi) is 6.75. The fraction of sp³-hybridized carbons (Fsp3) is 0.471. The minimum Gasteiger partial charge on any atom is -0.452 e. The molecule has 1 aromatic carbocycles. The quantitative estimate of drug-likeness (QED) is 0.798. The summed E-state index contributed by atoms with van der Waals surface area (Å²) < 4.78 is 18.3. The first-order valence-electron chi connectivity index (χ1n) is 8.10. The summed E-state index contributed by atoms with van der Waals surface area (Å²) in [5.74, 6) is -2.38. The predicted molar refractivity (Wildman–Crippen MR) is 89.8 cm³/mol. The minimum atomic E-state index is -1.07. The summed E-state index contributed by atoms with van der Waals surface area (Å²) in [7, 11) is 0. The Balaban J connectivity index is 1.80. The second-order valence-corrected chi connectivity index (χ2v) is 6.47. The van der Waals surface area contributed by atoms with Gasteiger partial charge in [-0.25, -0.2) is 14.0 Å². The van der Waals surface area contributed by atoms with E-state index in [0.717, 1.165) is 31.7 Å². The third kappa shape index (κ3) is 5.42. The van der Waals surface area contributed by atoms with E-state index in [4.69, 9.17) is 16.3 Å². The van der Waals surface area contributed by atoms with Gasteiger partial charge in [0.05, 0.1) is 5.02 Å². The van der Waals surface area contributed by atoms with Gasteiger partial charge in [0.2, 0.25) is 0 Å². The number of nitrogens with one attached hydrogen (secondary N) is 2. The van der Waals surface area contributed by atoms with Crippen LogP contribution in [0.4, 0.5) is 9.18 Å². The van der Waals surface area contributed by atoms with Crippen LogP contribution in [0.5, 0.6) is 0 Å². The maximum Gasteiger partial charge on any atom is 0.343 e. The number of carbonyl (C=O) groups excluding carboxylic acids is 3. The predicted octanol–water partition coefficient (Wildman–Crippen LogP) is 3.04. The summed E-state index contributed by atoms with van der Waals surface area (Å²) in [6.07, 6.45) is 4.06. The molecule has 136 valence electrons. The van der Waals surface area contributed by atoms with Crippen molar-refractivity contribution in [1.82, 2.24) is 10.6 Å². The SMILES string of the molecule is C[C@@H]1CCCC[C@H]1NC(=O)NC(=O)COC(=O)c1c(F)cccc1Cl. The number of benzene rings is 1. The molecule has 2 rings (SSSR count). The van der Waals surface area contributed by atoms with Crippen molar-refractivity contribution in [2.45, 2.75) is 38.6 Å². The molecule has 0 radical (unpaired) electrons. The Morgan fingerprint density at radius 3 is 2.68 bits per heavy atom. The molecule has 1 saturated carbocycles. The van der Waals surface area contributed by atoms with Gasteiger partial charge in [-0.15, -0.1) is 0 Å². The van der Waals surface area contributed by atoms with Gasteiger partial charge in [0.1, 0.15) is 11.4 Å². The maximum absolute atomic E-state index is 13.6. The highest BCUT2D eigenvalue weighted by Crippen LogP contribution is 2.23. The Labute approximate surface area is 150 Å². The van der Waals surface area contributed by atoms with Crippen LogP contribution in [-0.4, -0.2) is 30.6 Å². The highest BCUT2D eigenvalue weighted by molar-refractivity contribution is 6.33. The van der Waals surface area contributed by atoms with Crippen LogP contribution in [0.25, 0.3) is 0 Å². The van der Waals surface area contributed by atoms with E-state index in [1.165, 1.54) is 12.1 Å². The number of hydrogen-bond donors (Lipinski definition) is 2. The van der Waals surface area contributed by atoms with Crippen LogP contribution in [0, 0.1) is 11.7 Å². The first-order valence-corrected chi connectivity index (χ1v) is 8.47. The zero-order chi connectivity index (χ0) is 18.4. The molecule has 0 aliphatic heterocycles. The summed E-state index contributed by atoms with van der Waals surface area (Å²) in [5, 5.41) is 4.72. The monoisotopic (exact) mass is 370 g/mol. The molecule has 0 bridgehead atoms. The number of imide groups is 1. The first kappa shape index (κ1) is 19.2. The molecule has 3 amide bonds. The lowest BCUT2D eigenvalue weighted by atomic mass is 9.86. The standard InChI is InChI=1S/C17H20ClFN2O4/c1-10-5-2-3-8-13(10)20-17(24)21-14(22)9-25-16(23)15-11(18)6-4-7-12(15)19/h4,6-7,10,13H,2-3,5,8-9H2,1H3,(H2,20,21,22,24)/t10-,13-/m1/s1. The smallest absolute Gasteiger partial charge is 0.343 e. The van der Waals surface area contributed by atoms with Crippen LogP contribution in [-0.2, 0) is 9.53 Å². The third-order valence-corrected chi connectivity index (χ3v) is 4.50. The molecule has 25 heavy (non-hydrogen) atoms. The van der Waals surface area contributed by atoms with E-state index in [0.29, 0.717) is 5.92 Å². The van der Waals surface area contributed by atoms with E-state index < -0.39 is 35.9 Å². The van der Waals surface area contributed by atoms with Crippen molar-refractivity contribution in [1.29, 1.82) is 0 Å². The van der Waals surface area contributed by atoms with Gasteiger partial charge in [0.15, 0.2) is 6.61 Å². The van der Waals surface area contributed by atoms with Crippen molar-refractivity contribution in [2.75, 3.05) is 6.61 Å². The fourth-order valence-electron chi connectivity index (χ4n) is 2.79. The Hall–Kier alpha value is -2.15. The van der Waals surface area contributed by atoms with Crippen molar-refractivity contribution in [2.24, 2.45) is 5.92 Å². The van der Waals surface area contributed by atoms with Crippen molar-refractivity contribution >= 4 is 29.5 Å². The molecule has 2 atom stereocenters. The van der Waals surface area contributed by atoms with Crippen LogP contribution in [0.3, 0.4) is 0 Å². The molecule has 0 unspecified atom stereocenters. The van der Waals surface area contributed by atoms with Gasteiger partial charge >= 0.3 is 12.0 Å². The number of urea groups is 1. The minimum absolute atomic E-state index is 0.0151. The zero-order valence-corrected chi connectivity index (χ0v) is 14.6. The Morgan fingerprint density at radius 1 is 1.28 bits per heavy atom. The van der Waals surface area contributed by atoms with Gasteiger partial charge in [-0.2, -0.15) is 0 Å². The molecular formula is C17H20ClFN2O4. The maximum atomic E-state index is 13.6. The van der Waals surface area contributed by atoms with Crippen molar-refractivity contribution in [3.63, 3.8) is 0 Å². The van der Waals surface area contributed by atoms with Gasteiger partial charge in [0.25, 0.3) is 5.91 Å². The summed E-state index contributed by atoms with van der Waals surface area (Å²) in [6.45, 7) is 1.34. The second kappa shape index (κ2) is 8.80. The average molecular weight is 371 g/mol. The van der Waals surface area contributed by atoms with Crippen LogP contribution in [0.2, 0.25) is 5.02 Å². The molecule has 0 saturated heterocycles. The first-order chi connectivity index (χ1) is 11.9. The normalized spacial score (nSPS) is 19.8. The molecule has 6 nitrogen and oxygen atoms in total. The molecule has 0 heterocycles. The van der Waals surface area contributed by atoms with Gasteiger partial charge in [-0.1, -0.05) is 37.4 Å². The molecule has 0 spiro atoms. The Morgan fingerprint density at radius 2 is 2.00 bits per heavy atom. The molecule has 1 fully saturated rings. The van der Waals surface area contributed by atoms with Gasteiger partial charge in [-0.3, -0.25) is 10.1 Å². The Bertz CT molecular complexity index is 648. The lowest BCUT2D eigenvalue weighted by Crippen LogP contribution is -2.48. The van der Waals surface area contributed by atoms with E-state index in [1.54, 1.807) is 0 Å². The number of halogens is 2. The average Bonchev–Trinajstić information content (AvgIpc) is 2.55. The molecule has 1 aromatic rings. The summed E-state index contributed by atoms with van der Waals surface area (Å²) in [6, 6.07) is 3.11. The number of carbonyl (C=O) groups is 3.